The zero-order valence-corrected chi connectivity index (χ0v) is 11.1. The molecule has 0 bridgehead atoms. The van der Waals surface area contributed by atoms with Gasteiger partial charge < -0.3 is 16.2 Å². The molecule has 21 heavy (non-hydrogen) atoms. The van der Waals surface area contributed by atoms with Crippen molar-refractivity contribution in [2.24, 2.45) is 5.73 Å². The number of aliphatic carboxylic acids is 1. The minimum absolute atomic E-state index is 0.0896. The van der Waals surface area contributed by atoms with E-state index in [0.29, 0.717) is 5.69 Å². The van der Waals surface area contributed by atoms with E-state index in [2.05, 4.69) is 15.5 Å². The third-order valence-corrected chi connectivity index (χ3v) is 2.84. The lowest BCUT2D eigenvalue weighted by Crippen LogP contribution is -2.36. The minimum atomic E-state index is -0.979. The quantitative estimate of drug-likeness (QED) is 0.707. The van der Waals surface area contributed by atoms with E-state index in [1.54, 1.807) is 35.4 Å². The van der Waals surface area contributed by atoms with E-state index < -0.39 is 17.9 Å². The van der Waals surface area contributed by atoms with Gasteiger partial charge in [0.1, 0.15) is 12.7 Å². The Balaban J connectivity index is 2.01. The first kappa shape index (κ1) is 14.7. The Hall–Kier alpha value is -2.74. The molecule has 4 N–H and O–H groups in total. The second kappa shape index (κ2) is 6.62. The highest BCUT2D eigenvalue weighted by Crippen LogP contribution is 2.14. The molecular formula is C13H15N5O3. The van der Waals surface area contributed by atoms with Crippen molar-refractivity contribution < 1.29 is 14.7 Å². The molecule has 0 aliphatic carbocycles. The van der Waals surface area contributed by atoms with Crippen LogP contribution in [0.1, 0.15) is 12.8 Å². The third-order valence-electron chi connectivity index (χ3n) is 2.84. The lowest BCUT2D eigenvalue weighted by molar-refractivity contribution is -0.137. The van der Waals surface area contributed by atoms with Gasteiger partial charge in [0.25, 0.3) is 0 Å². The van der Waals surface area contributed by atoms with Crippen LogP contribution >= 0.6 is 0 Å². The van der Waals surface area contributed by atoms with Crippen LogP contribution in [0.25, 0.3) is 5.69 Å². The summed E-state index contributed by atoms with van der Waals surface area (Å²) in [6, 6.07) is 6.21. The van der Waals surface area contributed by atoms with Crippen LogP contribution in [0.3, 0.4) is 0 Å². The molecule has 8 heteroatoms. The van der Waals surface area contributed by atoms with Crippen LogP contribution in [0.15, 0.2) is 36.9 Å². The molecule has 0 fully saturated rings. The van der Waals surface area contributed by atoms with Gasteiger partial charge in [-0.05, 0) is 24.6 Å². The fourth-order valence-corrected chi connectivity index (χ4v) is 1.72. The number of hydrogen-bond acceptors (Lipinski definition) is 5. The highest BCUT2D eigenvalue weighted by Gasteiger charge is 2.15. The Kier molecular flexibility index (Phi) is 4.62. The number of carbonyl (C=O) groups excluding carboxylic acids is 1. The zero-order valence-electron chi connectivity index (χ0n) is 11.1. The van der Waals surface area contributed by atoms with E-state index in [1.807, 2.05) is 6.07 Å². The SMILES string of the molecule is NC(CCC(=O)O)C(=O)Nc1cccc(-n2cnnc2)c1. The van der Waals surface area contributed by atoms with E-state index >= 15 is 0 Å². The van der Waals surface area contributed by atoms with Crippen LogP contribution in [-0.4, -0.2) is 37.8 Å². The van der Waals surface area contributed by atoms with Crippen LogP contribution < -0.4 is 11.1 Å². The van der Waals surface area contributed by atoms with E-state index in [9.17, 15) is 9.59 Å². The lowest BCUT2D eigenvalue weighted by Gasteiger charge is -2.12. The summed E-state index contributed by atoms with van der Waals surface area (Å²) in [4.78, 5) is 22.3. The molecule has 0 aliphatic rings. The van der Waals surface area contributed by atoms with Crippen molar-refractivity contribution in [3.05, 3.63) is 36.9 Å². The van der Waals surface area contributed by atoms with Gasteiger partial charge in [0.2, 0.25) is 5.91 Å². The summed E-state index contributed by atoms with van der Waals surface area (Å²) in [5.74, 6) is -1.40. The van der Waals surface area contributed by atoms with Crippen LogP contribution in [0, 0.1) is 0 Å². The number of carboxylic acids is 1. The number of rotatable bonds is 6. The Morgan fingerprint density at radius 2 is 2.05 bits per heavy atom. The highest BCUT2D eigenvalue weighted by molar-refractivity contribution is 5.95. The molecule has 1 atom stereocenters. The van der Waals surface area contributed by atoms with Gasteiger partial charge in [-0.3, -0.25) is 14.2 Å². The van der Waals surface area contributed by atoms with Gasteiger partial charge in [0.05, 0.1) is 11.7 Å². The van der Waals surface area contributed by atoms with E-state index in [-0.39, 0.29) is 12.8 Å². The number of benzene rings is 1. The summed E-state index contributed by atoms with van der Waals surface area (Å²) in [6.45, 7) is 0. The third kappa shape index (κ3) is 4.11. The molecule has 0 saturated heterocycles. The fourth-order valence-electron chi connectivity index (χ4n) is 1.72. The first-order valence-corrected chi connectivity index (χ1v) is 6.29. The van der Waals surface area contributed by atoms with Gasteiger partial charge in [-0.2, -0.15) is 0 Å². The minimum Gasteiger partial charge on any atom is -0.481 e. The molecule has 1 aromatic carbocycles. The lowest BCUT2D eigenvalue weighted by atomic mass is 10.1. The van der Waals surface area contributed by atoms with E-state index in [4.69, 9.17) is 10.8 Å². The van der Waals surface area contributed by atoms with Crippen LogP contribution in [0.2, 0.25) is 0 Å². The molecule has 0 aliphatic heterocycles. The summed E-state index contributed by atoms with van der Waals surface area (Å²) < 4.78 is 1.69. The predicted octanol–water partition coefficient (Wildman–Crippen LogP) is 0.398. The van der Waals surface area contributed by atoms with Gasteiger partial charge in [-0.15, -0.1) is 10.2 Å². The fraction of sp³-hybridized carbons (Fsp3) is 0.231. The van der Waals surface area contributed by atoms with Crippen LogP contribution in [0.5, 0.6) is 0 Å². The second-order valence-electron chi connectivity index (χ2n) is 4.45. The number of nitrogens with zero attached hydrogens (tertiary/aromatic N) is 3. The van der Waals surface area contributed by atoms with Crippen LogP contribution in [-0.2, 0) is 9.59 Å². The van der Waals surface area contributed by atoms with Gasteiger partial charge in [0, 0.05) is 12.1 Å². The number of hydrogen-bond donors (Lipinski definition) is 3. The zero-order chi connectivity index (χ0) is 15.2. The average molecular weight is 289 g/mol. The van der Waals surface area contributed by atoms with Crippen molar-refractivity contribution in [1.82, 2.24) is 14.8 Å². The summed E-state index contributed by atoms with van der Waals surface area (Å²) in [5, 5.41) is 18.6. The number of nitrogens with two attached hydrogens (primary N) is 1. The first-order valence-electron chi connectivity index (χ1n) is 6.29. The molecule has 1 heterocycles. The largest absolute Gasteiger partial charge is 0.481 e. The molecule has 8 nitrogen and oxygen atoms in total. The van der Waals surface area contributed by atoms with Crippen molar-refractivity contribution in [3.8, 4) is 5.69 Å². The Morgan fingerprint density at radius 1 is 1.33 bits per heavy atom. The predicted molar refractivity (Wildman–Crippen MR) is 74.8 cm³/mol. The van der Waals surface area contributed by atoms with Crippen molar-refractivity contribution in [2.75, 3.05) is 5.32 Å². The maximum Gasteiger partial charge on any atom is 0.303 e. The Bertz CT molecular complexity index is 626. The molecule has 0 spiro atoms. The Labute approximate surface area is 120 Å². The molecule has 1 aromatic heterocycles. The molecule has 2 aromatic rings. The standard InChI is InChI=1S/C13H15N5O3/c14-11(4-5-12(19)20)13(21)17-9-2-1-3-10(6-9)18-7-15-16-8-18/h1-3,6-8,11H,4-5,14H2,(H,17,21)(H,19,20). The van der Waals surface area contributed by atoms with Crippen molar-refractivity contribution in [2.45, 2.75) is 18.9 Å². The van der Waals surface area contributed by atoms with Gasteiger partial charge in [-0.25, -0.2) is 0 Å². The summed E-state index contributed by atoms with van der Waals surface area (Å²) in [7, 11) is 0. The molecule has 2 rings (SSSR count). The number of nitrogens with one attached hydrogen (secondary N) is 1. The number of carboxylic acid groups (broad SMARTS) is 1. The molecule has 110 valence electrons. The van der Waals surface area contributed by atoms with Gasteiger partial charge >= 0.3 is 5.97 Å². The number of carbonyl (C=O) groups is 2. The van der Waals surface area contributed by atoms with Crippen molar-refractivity contribution >= 4 is 17.6 Å². The van der Waals surface area contributed by atoms with Crippen molar-refractivity contribution in [3.63, 3.8) is 0 Å². The van der Waals surface area contributed by atoms with Gasteiger partial charge in [-0.1, -0.05) is 6.07 Å². The van der Waals surface area contributed by atoms with E-state index in [0.717, 1.165) is 5.69 Å². The maximum atomic E-state index is 11.9. The van der Waals surface area contributed by atoms with Gasteiger partial charge in [0.15, 0.2) is 0 Å². The molecule has 0 radical (unpaired) electrons. The number of amides is 1. The van der Waals surface area contributed by atoms with Crippen molar-refractivity contribution in [1.29, 1.82) is 0 Å². The summed E-state index contributed by atoms with van der Waals surface area (Å²) in [6.07, 6.45) is 3.03. The second-order valence-corrected chi connectivity index (χ2v) is 4.45. The highest BCUT2D eigenvalue weighted by atomic mass is 16.4. The smallest absolute Gasteiger partial charge is 0.303 e. The van der Waals surface area contributed by atoms with E-state index in [1.165, 1.54) is 0 Å². The summed E-state index contributed by atoms with van der Waals surface area (Å²) in [5.41, 5.74) is 7.00. The monoisotopic (exact) mass is 289 g/mol. The normalized spacial score (nSPS) is 11.9. The first-order chi connectivity index (χ1) is 10.1. The molecule has 1 amide bonds. The average Bonchev–Trinajstić information content (AvgIpc) is 2.99. The van der Waals surface area contributed by atoms with Crippen LogP contribution in [0.4, 0.5) is 5.69 Å². The number of aromatic nitrogens is 3. The molecule has 1 unspecified atom stereocenters. The molecule has 0 saturated carbocycles. The molecular weight excluding hydrogens is 274 g/mol. The summed E-state index contributed by atoms with van der Waals surface area (Å²) >= 11 is 0. The topological polar surface area (TPSA) is 123 Å². The Morgan fingerprint density at radius 3 is 2.71 bits per heavy atom. The number of anilines is 1. The maximum absolute atomic E-state index is 11.9.